The van der Waals surface area contributed by atoms with Crippen LogP contribution in [0.25, 0.3) is 0 Å². The van der Waals surface area contributed by atoms with E-state index < -0.39 is 0 Å². The van der Waals surface area contributed by atoms with Gasteiger partial charge < -0.3 is 9.80 Å². The minimum Gasteiger partial charge on any atom is -0.338 e. The topological polar surface area (TPSA) is 40.6 Å². The fourth-order valence-electron chi connectivity index (χ4n) is 4.25. The summed E-state index contributed by atoms with van der Waals surface area (Å²) in [5.41, 5.74) is 0. The largest absolute Gasteiger partial charge is 0.338 e. The Morgan fingerprint density at radius 1 is 1.14 bits per heavy atom. The van der Waals surface area contributed by atoms with E-state index in [0.29, 0.717) is 12.5 Å². The van der Waals surface area contributed by atoms with Crippen molar-refractivity contribution in [2.75, 3.05) is 26.2 Å². The number of likely N-dealkylation sites (tertiary alicyclic amines) is 2. The Balaban J connectivity index is 1.63. The molecule has 0 aromatic carbocycles. The summed E-state index contributed by atoms with van der Waals surface area (Å²) in [5, 5.41) is 0. The lowest BCUT2D eigenvalue weighted by Gasteiger charge is -2.39. The van der Waals surface area contributed by atoms with E-state index in [9.17, 15) is 9.59 Å². The van der Waals surface area contributed by atoms with Crippen molar-refractivity contribution in [2.24, 2.45) is 11.8 Å². The van der Waals surface area contributed by atoms with Crippen molar-refractivity contribution in [2.45, 2.75) is 57.9 Å². The molecule has 3 rings (SSSR count). The zero-order chi connectivity index (χ0) is 14.8. The number of Topliss-reactive ketones (excluding diaryl/α,β-unsaturated/α-hetero) is 1. The third kappa shape index (κ3) is 3.31. The summed E-state index contributed by atoms with van der Waals surface area (Å²) in [7, 11) is 0. The SMILES string of the molecule is CC1CC(C(=O)N2CCCC[C@H]2CN2CCCC2)CC1=O. The quantitative estimate of drug-likeness (QED) is 0.799. The van der Waals surface area contributed by atoms with Crippen LogP contribution in [0.15, 0.2) is 0 Å². The maximum atomic E-state index is 12.8. The van der Waals surface area contributed by atoms with Gasteiger partial charge in [0.15, 0.2) is 0 Å². The molecule has 0 spiro atoms. The van der Waals surface area contributed by atoms with Crippen LogP contribution >= 0.6 is 0 Å². The molecule has 3 atom stereocenters. The standard InChI is InChI=1S/C17H28N2O2/c1-13-10-14(11-16(13)20)17(21)19-9-3-2-6-15(19)12-18-7-4-5-8-18/h13-15H,2-12H2,1H3/t13?,14?,15-/m0/s1. The maximum absolute atomic E-state index is 12.8. The minimum absolute atomic E-state index is 0.0355. The first-order valence-corrected chi connectivity index (χ1v) is 8.70. The van der Waals surface area contributed by atoms with E-state index in [4.69, 9.17) is 0 Å². The van der Waals surface area contributed by atoms with E-state index >= 15 is 0 Å². The van der Waals surface area contributed by atoms with Gasteiger partial charge in [0.1, 0.15) is 5.78 Å². The van der Waals surface area contributed by atoms with Gasteiger partial charge in [-0.3, -0.25) is 9.59 Å². The minimum atomic E-state index is -0.0355. The first-order chi connectivity index (χ1) is 10.1. The monoisotopic (exact) mass is 292 g/mol. The van der Waals surface area contributed by atoms with Crippen molar-refractivity contribution in [3.8, 4) is 0 Å². The number of carbonyl (C=O) groups excluding carboxylic acids is 2. The number of nitrogens with zero attached hydrogens (tertiary/aromatic N) is 2. The van der Waals surface area contributed by atoms with Gasteiger partial charge in [0, 0.05) is 37.4 Å². The van der Waals surface area contributed by atoms with Crippen LogP contribution in [0, 0.1) is 11.8 Å². The number of hydrogen-bond donors (Lipinski definition) is 0. The van der Waals surface area contributed by atoms with E-state index in [1.807, 2.05) is 6.92 Å². The van der Waals surface area contributed by atoms with Gasteiger partial charge in [0.05, 0.1) is 0 Å². The van der Waals surface area contributed by atoms with Crippen molar-refractivity contribution in [3.05, 3.63) is 0 Å². The predicted octanol–water partition coefficient (Wildman–Crippen LogP) is 2.08. The average molecular weight is 292 g/mol. The van der Waals surface area contributed by atoms with Crippen molar-refractivity contribution in [1.29, 1.82) is 0 Å². The molecule has 1 saturated carbocycles. The number of carbonyl (C=O) groups is 2. The molecule has 0 N–H and O–H groups in total. The third-order valence-corrected chi connectivity index (χ3v) is 5.56. The molecule has 2 aliphatic heterocycles. The maximum Gasteiger partial charge on any atom is 0.226 e. The second-order valence-corrected chi connectivity index (χ2v) is 7.19. The molecule has 2 heterocycles. The Hall–Kier alpha value is -0.900. The van der Waals surface area contributed by atoms with E-state index in [1.165, 1.54) is 32.4 Å². The lowest BCUT2D eigenvalue weighted by atomic mass is 9.97. The van der Waals surface area contributed by atoms with Crippen molar-refractivity contribution < 1.29 is 9.59 Å². The van der Waals surface area contributed by atoms with Crippen LogP contribution in [-0.4, -0.2) is 53.7 Å². The zero-order valence-corrected chi connectivity index (χ0v) is 13.2. The molecular formula is C17H28N2O2. The van der Waals surface area contributed by atoms with Gasteiger partial charge in [-0.25, -0.2) is 0 Å². The Morgan fingerprint density at radius 3 is 2.52 bits per heavy atom. The molecule has 0 bridgehead atoms. The number of piperidine rings is 1. The van der Waals surface area contributed by atoms with Crippen LogP contribution < -0.4 is 0 Å². The molecule has 3 fully saturated rings. The highest BCUT2D eigenvalue weighted by molar-refractivity contribution is 5.91. The highest BCUT2D eigenvalue weighted by Gasteiger charge is 2.38. The number of amides is 1. The molecule has 4 heteroatoms. The molecule has 1 aliphatic carbocycles. The number of ketones is 1. The molecular weight excluding hydrogens is 264 g/mol. The average Bonchev–Trinajstić information content (AvgIpc) is 3.10. The Morgan fingerprint density at radius 2 is 1.86 bits per heavy atom. The highest BCUT2D eigenvalue weighted by atomic mass is 16.2. The second-order valence-electron chi connectivity index (χ2n) is 7.19. The van der Waals surface area contributed by atoms with Crippen LogP contribution in [-0.2, 0) is 9.59 Å². The molecule has 2 unspecified atom stereocenters. The molecule has 2 saturated heterocycles. The van der Waals surface area contributed by atoms with Crippen molar-refractivity contribution in [3.63, 3.8) is 0 Å². The van der Waals surface area contributed by atoms with E-state index in [0.717, 1.165) is 32.4 Å². The molecule has 0 aromatic heterocycles. The first kappa shape index (κ1) is 15.0. The van der Waals surface area contributed by atoms with Crippen LogP contribution in [0.5, 0.6) is 0 Å². The number of rotatable bonds is 3. The predicted molar refractivity (Wildman–Crippen MR) is 81.9 cm³/mol. The van der Waals surface area contributed by atoms with Gasteiger partial charge in [-0.1, -0.05) is 6.92 Å². The Bertz CT molecular complexity index is 404. The van der Waals surface area contributed by atoms with Gasteiger partial charge in [-0.05, 0) is 51.6 Å². The van der Waals surface area contributed by atoms with Crippen LogP contribution in [0.2, 0.25) is 0 Å². The van der Waals surface area contributed by atoms with Crippen molar-refractivity contribution in [1.82, 2.24) is 9.80 Å². The summed E-state index contributed by atoms with van der Waals surface area (Å²) < 4.78 is 0. The van der Waals surface area contributed by atoms with Gasteiger partial charge in [0.25, 0.3) is 0 Å². The summed E-state index contributed by atoms with van der Waals surface area (Å²) in [5.74, 6) is 0.588. The van der Waals surface area contributed by atoms with Gasteiger partial charge in [0.2, 0.25) is 5.91 Å². The van der Waals surface area contributed by atoms with Crippen LogP contribution in [0.1, 0.15) is 51.9 Å². The summed E-state index contributed by atoms with van der Waals surface area (Å²) in [6.07, 6.45) is 7.35. The fourth-order valence-corrected chi connectivity index (χ4v) is 4.25. The molecule has 118 valence electrons. The summed E-state index contributed by atoms with van der Waals surface area (Å²) in [6, 6.07) is 0.385. The fraction of sp³-hybridized carbons (Fsp3) is 0.882. The number of hydrogen-bond acceptors (Lipinski definition) is 3. The van der Waals surface area contributed by atoms with E-state index in [1.54, 1.807) is 0 Å². The highest BCUT2D eigenvalue weighted by Crippen LogP contribution is 2.31. The zero-order valence-electron chi connectivity index (χ0n) is 13.2. The van der Waals surface area contributed by atoms with E-state index in [2.05, 4.69) is 9.80 Å². The summed E-state index contributed by atoms with van der Waals surface area (Å²) in [6.45, 7) is 6.29. The van der Waals surface area contributed by atoms with Gasteiger partial charge >= 0.3 is 0 Å². The normalized spacial score (nSPS) is 34.6. The summed E-state index contributed by atoms with van der Waals surface area (Å²) in [4.78, 5) is 29.2. The van der Waals surface area contributed by atoms with Gasteiger partial charge in [-0.15, -0.1) is 0 Å². The first-order valence-electron chi connectivity index (χ1n) is 8.70. The van der Waals surface area contributed by atoms with Crippen LogP contribution in [0.3, 0.4) is 0 Å². The molecule has 1 amide bonds. The Labute approximate surface area is 127 Å². The van der Waals surface area contributed by atoms with Gasteiger partial charge in [-0.2, -0.15) is 0 Å². The summed E-state index contributed by atoms with van der Waals surface area (Å²) >= 11 is 0. The smallest absolute Gasteiger partial charge is 0.226 e. The lowest BCUT2D eigenvalue weighted by Crippen LogP contribution is -2.50. The second kappa shape index (κ2) is 6.47. The molecule has 0 radical (unpaired) electrons. The Kier molecular flexibility index (Phi) is 4.63. The molecule has 0 aromatic rings. The molecule has 4 nitrogen and oxygen atoms in total. The lowest BCUT2D eigenvalue weighted by molar-refractivity contribution is -0.140. The van der Waals surface area contributed by atoms with E-state index in [-0.39, 0.29) is 23.5 Å². The molecule has 3 aliphatic rings. The molecule has 21 heavy (non-hydrogen) atoms. The third-order valence-electron chi connectivity index (χ3n) is 5.56. The van der Waals surface area contributed by atoms with Crippen LogP contribution in [0.4, 0.5) is 0 Å². The van der Waals surface area contributed by atoms with Crippen molar-refractivity contribution >= 4 is 11.7 Å².